The Labute approximate surface area is 54.4 Å². The van der Waals surface area contributed by atoms with Crippen molar-refractivity contribution in [2.75, 3.05) is 0 Å². The SMILES string of the molecule is Cl.NC(N)CC(N)O. The van der Waals surface area contributed by atoms with Gasteiger partial charge in [-0.15, -0.1) is 12.4 Å². The molecule has 1 unspecified atom stereocenters. The van der Waals surface area contributed by atoms with E-state index in [4.69, 9.17) is 22.3 Å². The molecule has 0 bridgehead atoms. The molecular formula is C3H12ClN3O. The molecule has 0 aromatic carbocycles. The van der Waals surface area contributed by atoms with E-state index in [0.29, 0.717) is 0 Å². The van der Waals surface area contributed by atoms with Gasteiger partial charge in [-0.05, 0) is 0 Å². The standard InChI is InChI=1S/C3H11N3O.ClH/c4-2(5)1-3(6)7;/h2-3,7H,1,4-6H2;1H. The van der Waals surface area contributed by atoms with Gasteiger partial charge in [-0.25, -0.2) is 0 Å². The predicted octanol–water partition coefficient (Wildman–Crippen LogP) is -1.68. The third-order valence-electron chi connectivity index (χ3n) is 0.514. The van der Waals surface area contributed by atoms with Crippen LogP contribution in [0.5, 0.6) is 0 Å². The first-order valence-electron chi connectivity index (χ1n) is 2.07. The average Bonchev–Trinajstić information content (AvgIpc) is 1.27. The monoisotopic (exact) mass is 141 g/mol. The van der Waals surface area contributed by atoms with Crippen molar-refractivity contribution in [2.45, 2.75) is 18.8 Å². The van der Waals surface area contributed by atoms with E-state index >= 15 is 0 Å². The third kappa shape index (κ3) is 9.46. The van der Waals surface area contributed by atoms with Gasteiger partial charge in [0.2, 0.25) is 0 Å². The first-order valence-corrected chi connectivity index (χ1v) is 2.07. The Morgan fingerprint density at radius 2 is 1.62 bits per heavy atom. The fourth-order valence-corrected chi connectivity index (χ4v) is 0.279. The van der Waals surface area contributed by atoms with Crippen LogP contribution in [0.4, 0.5) is 0 Å². The van der Waals surface area contributed by atoms with E-state index in [2.05, 4.69) is 0 Å². The summed E-state index contributed by atoms with van der Waals surface area (Å²) in [5, 5.41) is 8.34. The van der Waals surface area contributed by atoms with Gasteiger partial charge in [-0.1, -0.05) is 0 Å². The van der Waals surface area contributed by atoms with Crippen LogP contribution in [0, 0.1) is 0 Å². The second-order valence-electron chi connectivity index (χ2n) is 1.47. The summed E-state index contributed by atoms with van der Waals surface area (Å²) in [5.41, 5.74) is 15.0. The maximum Gasteiger partial charge on any atom is 0.105 e. The lowest BCUT2D eigenvalue weighted by Gasteiger charge is -2.05. The van der Waals surface area contributed by atoms with Crippen molar-refractivity contribution in [1.29, 1.82) is 0 Å². The summed E-state index contributed by atoms with van der Waals surface area (Å²) in [7, 11) is 0. The quantitative estimate of drug-likeness (QED) is 0.345. The van der Waals surface area contributed by atoms with E-state index < -0.39 is 12.4 Å². The number of nitrogens with two attached hydrogens (primary N) is 3. The first kappa shape index (κ1) is 11.0. The Hall–Kier alpha value is 0.130. The maximum absolute atomic E-state index is 8.34. The highest BCUT2D eigenvalue weighted by Crippen LogP contribution is 1.79. The van der Waals surface area contributed by atoms with Crippen LogP contribution < -0.4 is 17.2 Å². The average molecular weight is 142 g/mol. The Kier molecular flexibility index (Phi) is 7.25. The number of hydrogen-bond acceptors (Lipinski definition) is 4. The Bertz CT molecular complexity index is 43.8. The van der Waals surface area contributed by atoms with Gasteiger partial charge in [0.25, 0.3) is 0 Å². The number of halogens is 1. The minimum absolute atomic E-state index is 0. The normalized spacial score (nSPS) is 13.1. The molecule has 0 saturated carbocycles. The summed E-state index contributed by atoms with van der Waals surface area (Å²) >= 11 is 0. The highest BCUT2D eigenvalue weighted by molar-refractivity contribution is 5.85. The predicted molar refractivity (Wildman–Crippen MR) is 34.2 cm³/mol. The molecule has 8 heavy (non-hydrogen) atoms. The zero-order valence-corrected chi connectivity index (χ0v) is 5.27. The number of hydrogen-bond donors (Lipinski definition) is 4. The molecule has 0 amide bonds. The lowest BCUT2D eigenvalue weighted by Crippen LogP contribution is -2.37. The van der Waals surface area contributed by atoms with Crippen molar-refractivity contribution in [1.82, 2.24) is 0 Å². The molecule has 4 nitrogen and oxygen atoms in total. The maximum atomic E-state index is 8.34. The summed E-state index contributed by atoms with van der Waals surface area (Å²) in [4.78, 5) is 0. The molecule has 0 radical (unpaired) electrons. The number of rotatable bonds is 2. The van der Waals surface area contributed by atoms with Gasteiger partial charge in [0.05, 0.1) is 6.17 Å². The van der Waals surface area contributed by atoms with Crippen LogP contribution >= 0.6 is 12.4 Å². The van der Waals surface area contributed by atoms with Crippen LogP contribution in [0.2, 0.25) is 0 Å². The minimum Gasteiger partial charge on any atom is -0.379 e. The molecule has 5 heteroatoms. The van der Waals surface area contributed by atoms with E-state index in [1.807, 2.05) is 0 Å². The summed E-state index contributed by atoms with van der Waals surface area (Å²) in [6, 6.07) is 0. The Balaban J connectivity index is 0. The van der Waals surface area contributed by atoms with E-state index in [9.17, 15) is 0 Å². The molecule has 0 aliphatic carbocycles. The van der Waals surface area contributed by atoms with Crippen LogP contribution in [-0.2, 0) is 0 Å². The van der Waals surface area contributed by atoms with E-state index in [1.54, 1.807) is 0 Å². The van der Waals surface area contributed by atoms with Crippen LogP contribution in [0.15, 0.2) is 0 Å². The molecule has 0 aliphatic rings. The largest absolute Gasteiger partial charge is 0.379 e. The molecule has 0 rings (SSSR count). The van der Waals surface area contributed by atoms with Crippen molar-refractivity contribution < 1.29 is 5.11 Å². The molecule has 0 heterocycles. The summed E-state index contributed by atoms with van der Waals surface area (Å²) in [6.45, 7) is 0. The number of aliphatic hydroxyl groups excluding tert-OH is 1. The topological polar surface area (TPSA) is 98.3 Å². The molecule has 1 atom stereocenters. The zero-order valence-electron chi connectivity index (χ0n) is 4.45. The highest BCUT2D eigenvalue weighted by Gasteiger charge is 1.97. The van der Waals surface area contributed by atoms with Crippen LogP contribution in [0.3, 0.4) is 0 Å². The summed E-state index contributed by atoms with van der Waals surface area (Å²) in [6.07, 6.45) is -1.13. The van der Waals surface area contributed by atoms with Gasteiger partial charge in [0.15, 0.2) is 0 Å². The van der Waals surface area contributed by atoms with Gasteiger partial charge < -0.3 is 22.3 Å². The first-order chi connectivity index (χ1) is 3.13. The van der Waals surface area contributed by atoms with Gasteiger partial charge in [0, 0.05) is 6.42 Å². The van der Waals surface area contributed by atoms with Gasteiger partial charge >= 0.3 is 0 Å². The van der Waals surface area contributed by atoms with Crippen molar-refractivity contribution in [3.63, 3.8) is 0 Å². The highest BCUT2D eigenvalue weighted by atomic mass is 35.5. The van der Waals surface area contributed by atoms with Crippen LogP contribution in [0.1, 0.15) is 6.42 Å². The molecule has 52 valence electrons. The Morgan fingerprint density at radius 1 is 1.25 bits per heavy atom. The van der Waals surface area contributed by atoms with E-state index in [0.717, 1.165) is 0 Å². The summed E-state index contributed by atoms with van der Waals surface area (Å²) < 4.78 is 0. The fraction of sp³-hybridized carbons (Fsp3) is 1.00. The number of aliphatic hydroxyl groups is 1. The van der Waals surface area contributed by atoms with Crippen LogP contribution in [-0.4, -0.2) is 17.5 Å². The molecule has 7 N–H and O–H groups in total. The van der Waals surface area contributed by atoms with Gasteiger partial charge in [-0.2, -0.15) is 0 Å². The van der Waals surface area contributed by atoms with Gasteiger partial charge in [0.1, 0.15) is 6.23 Å². The van der Waals surface area contributed by atoms with Crippen molar-refractivity contribution in [2.24, 2.45) is 17.2 Å². The smallest absolute Gasteiger partial charge is 0.105 e. The van der Waals surface area contributed by atoms with Crippen LogP contribution in [0.25, 0.3) is 0 Å². The minimum atomic E-state index is -0.875. The second-order valence-corrected chi connectivity index (χ2v) is 1.47. The van der Waals surface area contributed by atoms with Gasteiger partial charge in [-0.3, -0.25) is 0 Å². The van der Waals surface area contributed by atoms with E-state index in [-0.39, 0.29) is 18.8 Å². The molecule has 0 fully saturated rings. The summed E-state index contributed by atoms with van der Waals surface area (Å²) in [5.74, 6) is 0. The lowest BCUT2D eigenvalue weighted by molar-refractivity contribution is 0.163. The molecular weight excluding hydrogens is 130 g/mol. The van der Waals surface area contributed by atoms with E-state index in [1.165, 1.54) is 0 Å². The molecule has 0 saturated heterocycles. The van der Waals surface area contributed by atoms with Crippen molar-refractivity contribution in [3.05, 3.63) is 0 Å². The fourth-order valence-electron chi connectivity index (χ4n) is 0.279. The third-order valence-corrected chi connectivity index (χ3v) is 0.514. The molecule has 0 aromatic heterocycles. The molecule has 0 aromatic rings. The van der Waals surface area contributed by atoms with Crippen molar-refractivity contribution >= 4 is 12.4 Å². The van der Waals surface area contributed by atoms with Crippen molar-refractivity contribution in [3.8, 4) is 0 Å². The molecule has 0 aliphatic heterocycles. The lowest BCUT2D eigenvalue weighted by atomic mass is 10.3. The molecule has 0 spiro atoms. The Morgan fingerprint density at radius 3 is 1.62 bits per heavy atom. The zero-order chi connectivity index (χ0) is 5.86. The second kappa shape index (κ2) is 5.27.